The van der Waals surface area contributed by atoms with Crippen LogP contribution in [0.1, 0.15) is 5.82 Å². The molecule has 0 saturated heterocycles. The van der Waals surface area contributed by atoms with Crippen LogP contribution in [0.4, 0.5) is 0 Å². The van der Waals surface area contributed by atoms with Gasteiger partial charge in [-0.25, -0.2) is 4.98 Å². The molecule has 1 heterocycles. The molecule has 0 saturated carbocycles. The Hall–Kier alpha value is -2.13. The maximum Gasteiger partial charge on any atom is 0.121 e. The highest BCUT2D eigenvalue weighted by Crippen LogP contribution is 2.26. The van der Waals surface area contributed by atoms with Crippen LogP contribution in [-0.4, -0.2) is 9.97 Å². The minimum atomic E-state index is 0.433. The van der Waals surface area contributed by atoms with Crippen LogP contribution in [0, 0.1) is 0 Å². The van der Waals surface area contributed by atoms with Crippen molar-refractivity contribution in [2.24, 2.45) is 5.73 Å². The number of para-hydroxylation sites is 1. The van der Waals surface area contributed by atoms with Crippen LogP contribution in [0.15, 0.2) is 48.5 Å². The standard InChI is InChI=1S/C14H13N3/c15-9-13-16-12-8-4-7-11(14(12)17-13)10-5-2-1-3-6-10/h1-8H,9,15H2,(H,16,17). The van der Waals surface area contributed by atoms with Gasteiger partial charge in [-0.05, 0) is 11.6 Å². The summed E-state index contributed by atoms with van der Waals surface area (Å²) in [4.78, 5) is 7.75. The van der Waals surface area contributed by atoms with Gasteiger partial charge in [0.25, 0.3) is 0 Å². The van der Waals surface area contributed by atoms with Crippen molar-refractivity contribution in [2.75, 3.05) is 0 Å². The van der Waals surface area contributed by atoms with Crippen molar-refractivity contribution in [1.29, 1.82) is 0 Å². The van der Waals surface area contributed by atoms with E-state index in [0.717, 1.165) is 22.4 Å². The number of nitrogens with one attached hydrogen (secondary N) is 1. The lowest BCUT2D eigenvalue weighted by Crippen LogP contribution is -1.97. The van der Waals surface area contributed by atoms with Crippen LogP contribution in [0.25, 0.3) is 22.2 Å². The Morgan fingerprint density at radius 2 is 1.82 bits per heavy atom. The summed E-state index contributed by atoms with van der Waals surface area (Å²) in [6, 6.07) is 16.4. The van der Waals surface area contributed by atoms with Crippen LogP contribution in [0.2, 0.25) is 0 Å². The second-order valence-corrected chi connectivity index (χ2v) is 3.96. The second kappa shape index (κ2) is 4.03. The summed E-state index contributed by atoms with van der Waals surface area (Å²) in [6.45, 7) is 0.433. The molecular weight excluding hydrogens is 210 g/mol. The highest BCUT2D eigenvalue weighted by molar-refractivity contribution is 5.91. The molecule has 84 valence electrons. The van der Waals surface area contributed by atoms with Gasteiger partial charge in [0.2, 0.25) is 0 Å². The van der Waals surface area contributed by atoms with Gasteiger partial charge in [0.15, 0.2) is 0 Å². The summed E-state index contributed by atoms with van der Waals surface area (Å²) >= 11 is 0. The van der Waals surface area contributed by atoms with E-state index in [1.54, 1.807) is 0 Å². The third kappa shape index (κ3) is 1.70. The van der Waals surface area contributed by atoms with Crippen LogP contribution in [0.3, 0.4) is 0 Å². The molecule has 0 bridgehead atoms. The number of aromatic amines is 1. The molecule has 0 radical (unpaired) electrons. The average molecular weight is 223 g/mol. The van der Waals surface area contributed by atoms with Gasteiger partial charge < -0.3 is 10.7 Å². The van der Waals surface area contributed by atoms with E-state index in [9.17, 15) is 0 Å². The lowest BCUT2D eigenvalue weighted by atomic mass is 10.0. The first kappa shape index (κ1) is 10.1. The van der Waals surface area contributed by atoms with Gasteiger partial charge in [-0.15, -0.1) is 0 Å². The van der Waals surface area contributed by atoms with E-state index in [2.05, 4.69) is 28.2 Å². The number of H-pyrrole nitrogens is 1. The molecule has 2 aromatic carbocycles. The quantitative estimate of drug-likeness (QED) is 0.701. The maximum atomic E-state index is 5.61. The molecule has 0 spiro atoms. The Kier molecular flexibility index (Phi) is 2.38. The molecule has 0 atom stereocenters. The van der Waals surface area contributed by atoms with Crippen LogP contribution >= 0.6 is 0 Å². The molecule has 3 heteroatoms. The SMILES string of the molecule is NCc1nc2c(-c3ccccc3)cccc2[nH]1. The van der Waals surface area contributed by atoms with Gasteiger partial charge in [0.1, 0.15) is 5.82 Å². The Morgan fingerprint density at radius 3 is 2.59 bits per heavy atom. The first-order valence-corrected chi connectivity index (χ1v) is 5.61. The van der Waals surface area contributed by atoms with Crippen molar-refractivity contribution < 1.29 is 0 Å². The van der Waals surface area contributed by atoms with Gasteiger partial charge in [0.05, 0.1) is 17.6 Å². The first-order valence-electron chi connectivity index (χ1n) is 5.61. The minimum Gasteiger partial charge on any atom is -0.341 e. The number of nitrogens with zero attached hydrogens (tertiary/aromatic N) is 1. The molecular formula is C14H13N3. The number of nitrogens with two attached hydrogens (primary N) is 1. The van der Waals surface area contributed by atoms with Gasteiger partial charge in [-0.3, -0.25) is 0 Å². The van der Waals surface area contributed by atoms with Gasteiger partial charge >= 0.3 is 0 Å². The molecule has 0 amide bonds. The molecule has 0 fully saturated rings. The summed E-state index contributed by atoms with van der Waals surface area (Å²) in [5, 5.41) is 0. The van der Waals surface area contributed by atoms with Crippen LogP contribution in [0.5, 0.6) is 0 Å². The number of hydrogen-bond donors (Lipinski definition) is 2. The predicted octanol–water partition coefficient (Wildman–Crippen LogP) is 2.69. The van der Waals surface area contributed by atoms with Crippen molar-refractivity contribution in [3.05, 3.63) is 54.4 Å². The summed E-state index contributed by atoms with van der Waals surface area (Å²) in [7, 11) is 0. The molecule has 0 aliphatic carbocycles. The average Bonchev–Trinajstić information content (AvgIpc) is 2.82. The van der Waals surface area contributed by atoms with Crippen molar-refractivity contribution >= 4 is 11.0 Å². The topological polar surface area (TPSA) is 54.7 Å². The molecule has 0 unspecified atom stereocenters. The Bertz CT molecular complexity index is 641. The largest absolute Gasteiger partial charge is 0.341 e. The monoisotopic (exact) mass is 223 g/mol. The molecule has 3 nitrogen and oxygen atoms in total. The minimum absolute atomic E-state index is 0.433. The predicted molar refractivity (Wildman–Crippen MR) is 69.4 cm³/mol. The Morgan fingerprint density at radius 1 is 1.00 bits per heavy atom. The molecule has 0 aliphatic heterocycles. The molecule has 3 aromatic rings. The van der Waals surface area contributed by atoms with Crippen molar-refractivity contribution in [3.8, 4) is 11.1 Å². The fourth-order valence-corrected chi connectivity index (χ4v) is 2.03. The molecule has 3 rings (SSSR count). The van der Waals surface area contributed by atoms with Gasteiger partial charge in [-0.2, -0.15) is 0 Å². The zero-order valence-corrected chi connectivity index (χ0v) is 9.35. The first-order chi connectivity index (χ1) is 8.38. The lowest BCUT2D eigenvalue weighted by Gasteiger charge is -2.01. The Labute approximate surface area is 99.3 Å². The third-order valence-corrected chi connectivity index (χ3v) is 2.84. The fraction of sp³-hybridized carbons (Fsp3) is 0.0714. The summed E-state index contributed by atoms with van der Waals surface area (Å²) in [5.41, 5.74) is 9.94. The van der Waals surface area contributed by atoms with Gasteiger partial charge in [-0.1, -0.05) is 42.5 Å². The van der Waals surface area contributed by atoms with Crippen molar-refractivity contribution in [1.82, 2.24) is 9.97 Å². The zero-order chi connectivity index (χ0) is 11.7. The van der Waals surface area contributed by atoms with E-state index in [4.69, 9.17) is 5.73 Å². The van der Waals surface area contributed by atoms with E-state index in [-0.39, 0.29) is 0 Å². The van der Waals surface area contributed by atoms with Crippen LogP contribution in [-0.2, 0) is 6.54 Å². The van der Waals surface area contributed by atoms with Crippen molar-refractivity contribution in [2.45, 2.75) is 6.54 Å². The normalized spacial score (nSPS) is 10.9. The number of fused-ring (bicyclic) bond motifs is 1. The summed E-state index contributed by atoms with van der Waals surface area (Å²) in [6.07, 6.45) is 0. The Balaban J connectivity index is 2.26. The van der Waals surface area contributed by atoms with E-state index < -0.39 is 0 Å². The number of imidazole rings is 1. The van der Waals surface area contributed by atoms with Crippen LogP contribution < -0.4 is 5.73 Å². The second-order valence-electron chi connectivity index (χ2n) is 3.96. The highest BCUT2D eigenvalue weighted by Gasteiger charge is 2.07. The van der Waals surface area contributed by atoms with E-state index in [1.807, 2.05) is 30.3 Å². The zero-order valence-electron chi connectivity index (χ0n) is 9.35. The smallest absolute Gasteiger partial charge is 0.121 e. The van der Waals surface area contributed by atoms with Gasteiger partial charge in [0, 0.05) is 5.56 Å². The third-order valence-electron chi connectivity index (χ3n) is 2.84. The lowest BCUT2D eigenvalue weighted by molar-refractivity contribution is 0.959. The molecule has 0 aliphatic rings. The molecule has 3 N–H and O–H groups in total. The van der Waals surface area contributed by atoms with E-state index >= 15 is 0 Å². The maximum absolute atomic E-state index is 5.61. The molecule has 17 heavy (non-hydrogen) atoms. The molecule has 1 aromatic heterocycles. The fourth-order valence-electron chi connectivity index (χ4n) is 2.03. The number of benzene rings is 2. The number of rotatable bonds is 2. The summed E-state index contributed by atoms with van der Waals surface area (Å²) in [5.74, 6) is 0.823. The number of hydrogen-bond acceptors (Lipinski definition) is 2. The highest BCUT2D eigenvalue weighted by atomic mass is 14.9. The number of aromatic nitrogens is 2. The van der Waals surface area contributed by atoms with E-state index in [0.29, 0.717) is 6.54 Å². The summed E-state index contributed by atoms with van der Waals surface area (Å²) < 4.78 is 0. The van der Waals surface area contributed by atoms with Crippen molar-refractivity contribution in [3.63, 3.8) is 0 Å². The van der Waals surface area contributed by atoms with E-state index in [1.165, 1.54) is 5.56 Å².